The lowest BCUT2D eigenvalue weighted by molar-refractivity contribution is 0.410. The summed E-state index contributed by atoms with van der Waals surface area (Å²) in [6.07, 6.45) is 0. The van der Waals surface area contributed by atoms with Crippen molar-refractivity contribution in [1.29, 1.82) is 0 Å². The number of thioether (sulfide) groups is 1. The van der Waals surface area contributed by atoms with Crippen LogP contribution in [0.15, 0.2) is 62.9 Å². The maximum absolute atomic E-state index is 12.4. The normalized spacial score (nSPS) is 12.5. The highest BCUT2D eigenvalue weighted by Crippen LogP contribution is 2.36. The van der Waals surface area contributed by atoms with Crippen LogP contribution in [0.5, 0.6) is 5.75 Å². The van der Waals surface area contributed by atoms with Crippen molar-refractivity contribution in [2.45, 2.75) is 17.3 Å². The van der Waals surface area contributed by atoms with Crippen molar-refractivity contribution in [1.82, 2.24) is 24.7 Å². The van der Waals surface area contributed by atoms with Crippen LogP contribution >= 0.6 is 11.8 Å². The molecule has 1 N–H and O–H groups in total. The fourth-order valence-electron chi connectivity index (χ4n) is 3.45. The number of hydrogen-bond donors (Lipinski definition) is 1. The van der Waals surface area contributed by atoms with Crippen molar-refractivity contribution in [3.63, 3.8) is 0 Å². The highest BCUT2D eigenvalue weighted by Gasteiger charge is 2.20. The Morgan fingerprint density at radius 1 is 1.16 bits per heavy atom. The number of aromatic nitrogens is 5. The molecule has 0 spiro atoms. The molecule has 9 heteroatoms. The van der Waals surface area contributed by atoms with Gasteiger partial charge in [0.1, 0.15) is 5.82 Å². The van der Waals surface area contributed by atoms with Gasteiger partial charge in [-0.1, -0.05) is 36.0 Å². The van der Waals surface area contributed by atoms with Gasteiger partial charge in [0, 0.05) is 12.4 Å². The molecule has 5 aromatic rings. The minimum absolute atomic E-state index is 0.135. The molecule has 0 amide bonds. The molecule has 156 valence electrons. The first kappa shape index (κ1) is 19.4. The first-order valence-electron chi connectivity index (χ1n) is 9.67. The fraction of sp³-hybridized carbons (Fsp3) is 0.182. The summed E-state index contributed by atoms with van der Waals surface area (Å²) in [6.45, 7) is 1.97. The van der Waals surface area contributed by atoms with E-state index in [1.807, 2.05) is 61.0 Å². The summed E-state index contributed by atoms with van der Waals surface area (Å²) in [6, 6.07) is 14.9. The van der Waals surface area contributed by atoms with Gasteiger partial charge in [0.2, 0.25) is 0 Å². The molecule has 0 saturated heterocycles. The molecule has 3 aromatic heterocycles. The second-order valence-corrected chi connectivity index (χ2v) is 8.39. The Kier molecular flexibility index (Phi) is 4.74. The topological polar surface area (TPSA) is 98.8 Å². The molecule has 3 heterocycles. The number of rotatable bonds is 5. The second-order valence-electron chi connectivity index (χ2n) is 7.08. The zero-order chi connectivity index (χ0) is 21.5. The molecule has 0 aliphatic heterocycles. The number of para-hydroxylation sites is 2. The van der Waals surface area contributed by atoms with Crippen LogP contribution in [0.1, 0.15) is 18.0 Å². The third-order valence-corrected chi connectivity index (χ3v) is 6.22. The first-order chi connectivity index (χ1) is 15.0. The van der Waals surface area contributed by atoms with Crippen molar-refractivity contribution in [3.8, 4) is 17.3 Å². The molecule has 1 atom stereocenters. The van der Waals surface area contributed by atoms with E-state index in [2.05, 4.69) is 20.2 Å². The molecule has 5 rings (SSSR count). The number of aromatic amines is 1. The average molecular weight is 433 g/mol. The Hall–Kier alpha value is -3.59. The summed E-state index contributed by atoms with van der Waals surface area (Å²) >= 11 is 1.46. The molecule has 31 heavy (non-hydrogen) atoms. The van der Waals surface area contributed by atoms with E-state index in [1.54, 1.807) is 13.2 Å². The van der Waals surface area contributed by atoms with Gasteiger partial charge in [-0.15, -0.1) is 10.2 Å². The number of H-pyrrole nitrogens is 1. The Bertz CT molecular complexity index is 1470. The number of nitrogens with zero attached hydrogens (tertiary/aromatic N) is 4. The van der Waals surface area contributed by atoms with E-state index in [0.29, 0.717) is 44.8 Å². The van der Waals surface area contributed by atoms with E-state index in [1.165, 1.54) is 11.8 Å². The summed E-state index contributed by atoms with van der Waals surface area (Å²) in [5.74, 6) is 2.46. The second kappa shape index (κ2) is 7.59. The van der Waals surface area contributed by atoms with Gasteiger partial charge in [-0.2, -0.15) is 0 Å². The third kappa shape index (κ3) is 3.36. The summed E-state index contributed by atoms with van der Waals surface area (Å²) < 4.78 is 13.2. The Balaban J connectivity index is 1.46. The van der Waals surface area contributed by atoms with Crippen LogP contribution in [-0.2, 0) is 7.05 Å². The summed E-state index contributed by atoms with van der Waals surface area (Å²) in [4.78, 5) is 19.9. The highest BCUT2D eigenvalue weighted by atomic mass is 32.2. The van der Waals surface area contributed by atoms with E-state index < -0.39 is 0 Å². The van der Waals surface area contributed by atoms with Crippen molar-refractivity contribution in [3.05, 3.63) is 64.7 Å². The van der Waals surface area contributed by atoms with E-state index in [4.69, 9.17) is 9.15 Å². The van der Waals surface area contributed by atoms with Gasteiger partial charge in [-0.25, -0.2) is 4.98 Å². The van der Waals surface area contributed by atoms with E-state index in [9.17, 15) is 4.79 Å². The van der Waals surface area contributed by atoms with Crippen LogP contribution < -0.4 is 10.3 Å². The van der Waals surface area contributed by atoms with Gasteiger partial charge >= 0.3 is 0 Å². The largest absolute Gasteiger partial charge is 0.493 e. The van der Waals surface area contributed by atoms with E-state index >= 15 is 0 Å². The smallest absolute Gasteiger partial charge is 0.258 e. The maximum Gasteiger partial charge on any atom is 0.258 e. The molecule has 2 aromatic carbocycles. The molecule has 0 saturated carbocycles. The van der Waals surface area contributed by atoms with Crippen molar-refractivity contribution < 1.29 is 9.15 Å². The van der Waals surface area contributed by atoms with E-state index in [0.717, 1.165) is 5.39 Å². The predicted octanol–water partition coefficient (Wildman–Crippen LogP) is 4.33. The minimum Gasteiger partial charge on any atom is -0.493 e. The molecule has 0 aliphatic carbocycles. The highest BCUT2D eigenvalue weighted by molar-refractivity contribution is 7.99. The number of hydrogen-bond acceptors (Lipinski definition) is 7. The number of methoxy groups -OCH3 is 1. The lowest BCUT2D eigenvalue weighted by atomic mass is 10.2. The number of nitrogens with one attached hydrogen (secondary N) is 1. The molecular formula is C22H19N5O3S. The van der Waals surface area contributed by atoms with Crippen LogP contribution in [0.3, 0.4) is 0 Å². The van der Waals surface area contributed by atoms with Gasteiger partial charge in [-0.05, 0) is 31.2 Å². The van der Waals surface area contributed by atoms with Gasteiger partial charge < -0.3 is 18.7 Å². The van der Waals surface area contributed by atoms with Crippen molar-refractivity contribution in [2.75, 3.05) is 7.11 Å². The average Bonchev–Trinajstić information content (AvgIpc) is 3.37. The SMILES string of the molecule is COc1cccc2cc(-c3nnc(S[C@@H](C)c4nc5ccccc5c(=O)[nH]4)n3C)oc12. The van der Waals surface area contributed by atoms with Gasteiger partial charge in [0.15, 0.2) is 28.1 Å². The summed E-state index contributed by atoms with van der Waals surface area (Å²) in [5, 5.41) is 10.7. The standard InChI is InChI=1S/C22H19N5O3S/c1-12(19-23-15-9-5-4-8-14(15)21(28)24-19)31-22-26-25-20(27(22)2)17-11-13-7-6-10-16(29-3)18(13)30-17/h4-12H,1-3H3,(H,23,24,28)/t12-/m0/s1. The molecule has 0 bridgehead atoms. The van der Waals surface area contributed by atoms with Crippen LogP contribution in [0, 0.1) is 0 Å². The maximum atomic E-state index is 12.4. The molecular weight excluding hydrogens is 414 g/mol. The predicted molar refractivity (Wildman–Crippen MR) is 119 cm³/mol. The van der Waals surface area contributed by atoms with Crippen LogP contribution in [0.4, 0.5) is 0 Å². The van der Waals surface area contributed by atoms with E-state index in [-0.39, 0.29) is 10.8 Å². The summed E-state index contributed by atoms with van der Waals surface area (Å²) in [7, 11) is 3.49. The molecule has 0 radical (unpaired) electrons. The van der Waals surface area contributed by atoms with Gasteiger partial charge in [-0.3, -0.25) is 4.79 Å². The van der Waals surface area contributed by atoms with Crippen molar-refractivity contribution >= 4 is 33.6 Å². The van der Waals surface area contributed by atoms with Gasteiger partial charge in [0.05, 0.1) is 23.3 Å². The molecule has 8 nitrogen and oxygen atoms in total. The van der Waals surface area contributed by atoms with Gasteiger partial charge in [0.25, 0.3) is 5.56 Å². The van der Waals surface area contributed by atoms with Crippen molar-refractivity contribution in [2.24, 2.45) is 7.05 Å². The quantitative estimate of drug-likeness (QED) is 0.412. The summed E-state index contributed by atoms with van der Waals surface area (Å²) in [5.41, 5.74) is 1.19. The Morgan fingerprint density at radius 2 is 2.00 bits per heavy atom. The Labute approximate surface area is 181 Å². The number of fused-ring (bicyclic) bond motifs is 2. The zero-order valence-electron chi connectivity index (χ0n) is 17.1. The lowest BCUT2D eigenvalue weighted by Crippen LogP contribution is -2.13. The fourth-order valence-corrected chi connectivity index (χ4v) is 4.32. The molecule has 0 fully saturated rings. The molecule has 0 unspecified atom stereocenters. The number of furan rings is 1. The van der Waals surface area contributed by atoms with Crippen LogP contribution in [0.25, 0.3) is 33.5 Å². The lowest BCUT2D eigenvalue weighted by Gasteiger charge is -2.10. The van der Waals surface area contributed by atoms with Crippen LogP contribution in [-0.4, -0.2) is 31.8 Å². The molecule has 0 aliphatic rings. The van der Waals surface area contributed by atoms with Crippen LogP contribution in [0.2, 0.25) is 0 Å². The number of benzene rings is 2. The Morgan fingerprint density at radius 3 is 2.84 bits per heavy atom. The monoisotopic (exact) mass is 433 g/mol. The zero-order valence-corrected chi connectivity index (χ0v) is 17.9. The third-order valence-electron chi connectivity index (χ3n) is 5.08. The first-order valence-corrected chi connectivity index (χ1v) is 10.5. The number of ether oxygens (including phenoxy) is 1. The minimum atomic E-state index is -0.150.